The van der Waals surface area contributed by atoms with Crippen LogP contribution in [0.3, 0.4) is 0 Å². The molecule has 1 saturated carbocycles. The summed E-state index contributed by atoms with van der Waals surface area (Å²) < 4.78 is 5.30. The van der Waals surface area contributed by atoms with E-state index in [1.165, 1.54) is 4.90 Å². The van der Waals surface area contributed by atoms with Gasteiger partial charge in [0.05, 0.1) is 23.1 Å². The van der Waals surface area contributed by atoms with E-state index in [9.17, 15) is 14.4 Å². The first-order valence-electron chi connectivity index (χ1n) is 9.00. The molecule has 0 N–H and O–H groups in total. The number of esters is 1. The van der Waals surface area contributed by atoms with Crippen molar-refractivity contribution in [2.45, 2.75) is 25.7 Å². The van der Waals surface area contributed by atoms with Crippen LogP contribution in [0.5, 0.6) is 5.75 Å². The predicted molar refractivity (Wildman–Crippen MR) is 101 cm³/mol. The number of anilines is 1. The third-order valence-electron chi connectivity index (χ3n) is 5.23. The molecule has 138 valence electrons. The van der Waals surface area contributed by atoms with Crippen molar-refractivity contribution in [2.75, 3.05) is 4.90 Å². The lowest BCUT2D eigenvalue weighted by Gasteiger charge is -2.19. The highest BCUT2D eigenvalue weighted by atomic mass is 35.5. The Morgan fingerprint density at radius 2 is 1.44 bits per heavy atom. The van der Waals surface area contributed by atoms with Gasteiger partial charge in [-0.1, -0.05) is 24.4 Å². The van der Waals surface area contributed by atoms with Gasteiger partial charge in [-0.05, 0) is 61.4 Å². The van der Waals surface area contributed by atoms with Crippen molar-refractivity contribution in [1.82, 2.24) is 0 Å². The van der Waals surface area contributed by atoms with Crippen LogP contribution in [0.25, 0.3) is 0 Å². The van der Waals surface area contributed by atoms with Crippen LogP contribution in [-0.2, 0) is 9.59 Å². The molecule has 6 heteroatoms. The van der Waals surface area contributed by atoms with Gasteiger partial charge >= 0.3 is 5.97 Å². The van der Waals surface area contributed by atoms with Crippen molar-refractivity contribution in [3.63, 3.8) is 0 Å². The Balaban J connectivity index is 1.50. The molecule has 1 heterocycles. The standard InChI is InChI=1S/C21H18ClNO4/c22-14-7-11-16(12-8-14)27-21(26)13-5-9-15(10-6-13)23-19(24)17-3-1-2-4-18(17)20(23)25/h5-12,17-18H,1-4H2. The number of amides is 2. The summed E-state index contributed by atoms with van der Waals surface area (Å²) in [5, 5.41) is 0.555. The number of nitrogens with zero attached hydrogens (tertiary/aromatic N) is 1. The van der Waals surface area contributed by atoms with E-state index in [1.807, 2.05) is 0 Å². The Hall–Kier alpha value is -2.66. The first-order chi connectivity index (χ1) is 13.0. The van der Waals surface area contributed by atoms with E-state index in [0.717, 1.165) is 25.7 Å². The smallest absolute Gasteiger partial charge is 0.343 e. The second kappa shape index (κ2) is 7.16. The van der Waals surface area contributed by atoms with Crippen LogP contribution in [0.4, 0.5) is 5.69 Å². The summed E-state index contributed by atoms with van der Waals surface area (Å²) in [5.41, 5.74) is 0.840. The first-order valence-corrected chi connectivity index (χ1v) is 9.38. The molecule has 2 unspecified atom stereocenters. The molecule has 2 fully saturated rings. The average molecular weight is 384 g/mol. The zero-order chi connectivity index (χ0) is 19.0. The minimum absolute atomic E-state index is 0.124. The number of carbonyl (C=O) groups is 3. The molecule has 5 nitrogen and oxygen atoms in total. The van der Waals surface area contributed by atoms with Crippen molar-refractivity contribution in [1.29, 1.82) is 0 Å². The number of hydrogen-bond acceptors (Lipinski definition) is 4. The molecule has 2 amide bonds. The predicted octanol–water partition coefficient (Wildman–Crippen LogP) is 4.24. The van der Waals surface area contributed by atoms with Gasteiger partial charge in [0.2, 0.25) is 11.8 Å². The van der Waals surface area contributed by atoms with Gasteiger partial charge in [-0.15, -0.1) is 0 Å². The number of imide groups is 1. The van der Waals surface area contributed by atoms with Crippen LogP contribution in [0.2, 0.25) is 5.02 Å². The number of carbonyl (C=O) groups excluding carboxylic acids is 3. The number of fused-ring (bicyclic) bond motifs is 1. The zero-order valence-electron chi connectivity index (χ0n) is 14.6. The highest BCUT2D eigenvalue weighted by Crippen LogP contribution is 2.40. The molecule has 2 aromatic carbocycles. The lowest BCUT2D eigenvalue weighted by atomic mass is 9.81. The number of ether oxygens (including phenoxy) is 1. The summed E-state index contributed by atoms with van der Waals surface area (Å²) >= 11 is 5.81. The van der Waals surface area contributed by atoms with Gasteiger partial charge in [0.1, 0.15) is 5.75 Å². The third-order valence-corrected chi connectivity index (χ3v) is 5.48. The van der Waals surface area contributed by atoms with Gasteiger partial charge in [-0.2, -0.15) is 0 Å². The molecule has 4 rings (SSSR count). The third kappa shape index (κ3) is 3.35. The van der Waals surface area contributed by atoms with Gasteiger partial charge in [-0.3, -0.25) is 14.5 Å². The normalized spacial score (nSPS) is 21.9. The Labute approximate surface area is 161 Å². The van der Waals surface area contributed by atoms with E-state index in [4.69, 9.17) is 16.3 Å². The van der Waals surface area contributed by atoms with Crippen LogP contribution in [0.15, 0.2) is 48.5 Å². The van der Waals surface area contributed by atoms with E-state index in [0.29, 0.717) is 22.0 Å². The van der Waals surface area contributed by atoms with Crippen LogP contribution >= 0.6 is 11.6 Å². The Morgan fingerprint density at radius 3 is 2.00 bits per heavy atom. The molecule has 2 atom stereocenters. The zero-order valence-corrected chi connectivity index (χ0v) is 15.3. The molecular formula is C21H18ClNO4. The highest BCUT2D eigenvalue weighted by Gasteiger charge is 2.48. The van der Waals surface area contributed by atoms with Crippen molar-refractivity contribution in [3.05, 3.63) is 59.1 Å². The van der Waals surface area contributed by atoms with Crippen LogP contribution < -0.4 is 9.64 Å². The minimum atomic E-state index is -0.517. The van der Waals surface area contributed by atoms with E-state index in [-0.39, 0.29) is 23.7 Å². The van der Waals surface area contributed by atoms with Gasteiger partial charge in [0.25, 0.3) is 0 Å². The maximum Gasteiger partial charge on any atom is 0.343 e. The second-order valence-electron chi connectivity index (χ2n) is 6.90. The van der Waals surface area contributed by atoms with Gasteiger partial charge < -0.3 is 4.74 Å². The van der Waals surface area contributed by atoms with Crippen LogP contribution in [-0.4, -0.2) is 17.8 Å². The summed E-state index contributed by atoms with van der Waals surface area (Å²) in [5.74, 6) is -0.761. The number of benzene rings is 2. The molecule has 1 aliphatic heterocycles. The molecule has 0 aromatic heterocycles. The number of halogens is 1. The molecule has 2 aliphatic rings. The molecule has 27 heavy (non-hydrogen) atoms. The van der Waals surface area contributed by atoms with Gasteiger partial charge in [0, 0.05) is 5.02 Å². The van der Waals surface area contributed by atoms with Crippen molar-refractivity contribution in [3.8, 4) is 5.75 Å². The lowest BCUT2D eigenvalue weighted by molar-refractivity contribution is -0.122. The Bertz CT molecular complexity index is 867. The number of rotatable bonds is 3. The fourth-order valence-corrected chi connectivity index (χ4v) is 3.96. The van der Waals surface area contributed by atoms with E-state index < -0.39 is 5.97 Å². The summed E-state index contributed by atoms with van der Waals surface area (Å²) in [6.45, 7) is 0. The first kappa shape index (κ1) is 17.7. The summed E-state index contributed by atoms with van der Waals surface area (Å²) in [7, 11) is 0. The molecule has 1 saturated heterocycles. The van der Waals surface area contributed by atoms with E-state index in [2.05, 4.69) is 0 Å². The molecule has 1 aliphatic carbocycles. The fraction of sp³-hybridized carbons (Fsp3) is 0.286. The summed E-state index contributed by atoms with van der Waals surface area (Å²) in [6, 6.07) is 12.9. The second-order valence-corrected chi connectivity index (χ2v) is 7.34. The molecular weight excluding hydrogens is 366 g/mol. The summed E-state index contributed by atoms with van der Waals surface area (Å²) in [4.78, 5) is 38.8. The molecule has 0 spiro atoms. The highest BCUT2D eigenvalue weighted by molar-refractivity contribution is 6.30. The van der Waals surface area contributed by atoms with Gasteiger partial charge in [0.15, 0.2) is 0 Å². The summed E-state index contributed by atoms with van der Waals surface area (Å²) in [6.07, 6.45) is 3.53. The number of hydrogen-bond donors (Lipinski definition) is 0. The van der Waals surface area contributed by atoms with Crippen molar-refractivity contribution >= 4 is 35.1 Å². The molecule has 0 bridgehead atoms. The monoisotopic (exact) mass is 383 g/mol. The topological polar surface area (TPSA) is 63.7 Å². The quantitative estimate of drug-likeness (QED) is 0.452. The van der Waals surface area contributed by atoms with E-state index >= 15 is 0 Å². The largest absolute Gasteiger partial charge is 0.423 e. The molecule has 0 radical (unpaired) electrons. The minimum Gasteiger partial charge on any atom is -0.423 e. The van der Waals surface area contributed by atoms with E-state index in [1.54, 1.807) is 48.5 Å². The van der Waals surface area contributed by atoms with Crippen LogP contribution in [0, 0.1) is 11.8 Å². The Kier molecular flexibility index (Phi) is 4.70. The lowest BCUT2D eigenvalue weighted by Crippen LogP contribution is -2.30. The maximum absolute atomic E-state index is 12.6. The Morgan fingerprint density at radius 1 is 0.889 bits per heavy atom. The van der Waals surface area contributed by atoms with Crippen molar-refractivity contribution < 1.29 is 19.1 Å². The van der Waals surface area contributed by atoms with Gasteiger partial charge in [-0.25, -0.2) is 4.79 Å². The maximum atomic E-state index is 12.6. The van der Waals surface area contributed by atoms with Crippen LogP contribution in [0.1, 0.15) is 36.0 Å². The average Bonchev–Trinajstić information content (AvgIpc) is 2.95. The molecule has 2 aromatic rings. The fourth-order valence-electron chi connectivity index (χ4n) is 3.83. The SMILES string of the molecule is O=C(Oc1ccc(Cl)cc1)c1ccc(N2C(=O)C3CCCCC3C2=O)cc1. The van der Waals surface area contributed by atoms with Crippen molar-refractivity contribution in [2.24, 2.45) is 11.8 Å².